The second-order valence-electron chi connectivity index (χ2n) is 7.96. The van der Waals surface area contributed by atoms with Crippen molar-refractivity contribution in [2.24, 2.45) is 7.05 Å². The van der Waals surface area contributed by atoms with E-state index in [1.807, 2.05) is 6.07 Å². The average Bonchev–Trinajstić information content (AvgIpc) is 3.26. The molecule has 0 radical (unpaired) electrons. The lowest BCUT2D eigenvalue weighted by Crippen LogP contribution is -2.35. The molecular weight excluding hydrogens is 555 g/mol. The smallest absolute Gasteiger partial charge is 0.334 e. The van der Waals surface area contributed by atoms with Gasteiger partial charge >= 0.3 is 12.1 Å². The number of hydrogen-bond acceptors (Lipinski definition) is 6. The molecular formula is C20H13ClF7N7OS. The van der Waals surface area contributed by atoms with Crippen LogP contribution in [-0.2, 0) is 13.0 Å². The van der Waals surface area contributed by atoms with Crippen molar-refractivity contribution in [1.82, 2.24) is 29.9 Å². The molecule has 8 nitrogen and oxygen atoms in total. The predicted octanol–water partition coefficient (Wildman–Crippen LogP) is 5.08. The predicted molar refractivity (Wildman–Crippen MR) is 115 cm³/mol. The van der Waals surface area contributed by atoms with Crippen molar-refractivity contribution in [2.45, 2.75) is 41.1 Å². The molecule has 0 unspecified atom stereocenters. The SMILES string of the molecule is Cn1nc(C(F)(F)C(F)(F)F)c(SC(F)F)c1-n1cc(-c2cnc(Cl)c(C(=O)NC3(C#N)CC3)c2)cn1. The summed E-state index contributed by atoms with van der Waals surface area (Å²) in [6.45, 7) is 0. The maximum absolute atomic E-state index is 14.1. The van der Waals surface area contributed by atoms with Gasteiger partial charge in [-0.3, -0.25) is 4.79 Å². The molecule has 0 aliphatic heterocycles. The Morgan fingerprint density at radius 1 is 1.24 bits per heavy atom. The minimum absolute atomic E-state index is 0.0879. The van der Waals surface area contributed by atoms with E-state index in [9.17, 15) is 40.8 Å². The number of amides is 1. The zero-order chi connectivity index (χ0) is 27.3. The highest BCUT2D eigenvalue weighted by Crippen LogP contribution is 2.48. The van der Waals surface area contributed by atoms with E-state index in [4.69, 9.17) is 11.6 Å². The van der Waals surface area contributed by atoms with Crippen molar-refractivity contribution in [3.8, 4) is 23.0 Å². The molecule has 0 spiro atoms. The minimum atomic E-state index is -6.08. The summed E-state index contributed by atoms with van der Waals surface area (Å²) >= 11 is 5.49. The third-order valence-corrected chi connectivity index (χ3v) is 6.46. The van der Waals surface area contributed by atoms with E-state index in [0.29, 0.717) is 17.5 Å². The van der Waals surface area contributed by atoms with E-state index in [1.165, 1.54) is 12.3 Å². The first-order chi connectivity index (χ1) is 17.2. The largest absolute Gasteiger partial charge is 0.459 e. The first kappa shape index (κ1) is 26.7. The van der Waals surface area contributed by atoms with Crippen LogP contribution in [0.2, 0.25) is 5.15 Å². The molecule has 1 N–H and O–H groups in total. The van der Waals surface area contributed by atoms with Crippen LogP contribution in [-0.4, -0.2) is 47.9 Å². The standard InChI is InChI=1S/C20H13ClF7N7OS/c1-34-16(12(37-17(22)23)13(33-34)19(24,25)20(26,27)28)35-7-10(6-31-35)9-4-11(14(21)30-5-9)15(36)32-18(8-29)2-3-18/h4-7,17H,2-3H2,1H3,(H,32,36). The first-order valence-corrected chi connectivity index (χ1v) is 11.4. The van der Waals surface area contributed by atoms with Gasteiger partial charge in [-0.25, -0.2) is 14.3 Å². The fraction of sp³-hybridized carbons (Fsp3) is 0.350. The molecule has 37 heavy (non-hydrogen) atoms. The third-order valence-electron chi connectivity index (χ3n) is 5.37. The summed E-state index contributed by atoms with van der Waals surface area (Å²) in [6, 6.07) is 3.30. The van der Waals surface area contributed by atoms with E-state index in [2.05, 4.69) is 20.5 Å². The van der Waals surface area contributed by atoms with Crippen molar-refractivity contribution >= 4 is 29.3 Å². The monoisotopic (exact) mass is 567 g/mol. The number of nitrogens with one attached hydrogen (secondary N) is 1. The quantitative estimate of drug-likeness (QED) is 0.243. The number of thioether (sulfide) groups is 1. The molecule has 1 amide bonds. The fourth-order valence-electron chi connectivity index (χ4n) is 3.31. The number of carbonyl (C=O) groups excluding carboxylic acids is 1. The Labute approximate surface area is 212 Å². The number of nitrogens with zero attached hydrogens (tertiary/aromatic N) is 6. The lowest BCUT2D eigenvalue weighted by atomic mass is 10.1. The second-order valence-corrected chi connectivity index (χ2v) is 9.32. The van der Waals surface area contributed by atoms with Crippen LogP contribution in [0, 0.1) is 11.3 Å². The van der Waals surface area contributed by atoms with Crippen LogP contribution in [0.4, 0.5) is 30.7 Å². The van der Waals surface area contributed by atoms with Crippen molar-refractivity contribution < 1.29 is 35.5 Å². The summed E-state index contributed by atoms with van der Waals surface area (Å²) < 4.78 is 94.8. The summed E-state index contributed by atoms with van der Waals surface area (Å²) in [6.07, 6.45) is -1.62. The highest BCUT2D eigenvalue weighted by atomic mass is 35.5. The zero-order valence-electron chi connectivity index (χ0n) is 18.3. The highest BCUT2D eigenvalue weighted by molar-refractivity contribution is 7.99. The maximum atomic E-state index is 14.1. The number of nitriles is 1. The van der Waals surface area contributed by atoms with E-state index < -0.39 is 57.5 Å². The summed E-state index contributed by atoms with van der Waals surface area (Å²) in [5.41, 5.74) is -2.55. The fourth-order valence-corrected chi connectivity index (χ4v) is 4.29. The molecule has 0 atom stereocenters. The third kappa shape index (κ3) is 4.97. The number of aryl methyl sites for hydroxylation is 1. The van der Waals surface area contributed by atoms with Crippen molar-refractivity contribution in [3.05, 3.63) is 41.1 Å². The van der Waals surface area contributed by atoms with Crippen molar-refractivity contribution in [2.75, 3.05) is 0 Å². The number of rotatable bonds is 7. The van der Waals surface area contributed by atoms with Crippen LogP contribution >= 0.6 is 23.4 Å². The van der Waals surface area contributed by atoms with Crippen LogP contribution < -0.4 is 5.32 Å². The molecule has 1 fully saturated rings. The molecule has 4 rings (SSSR count). The van der Waals surface area contributed by atoms with Gasteiger partial charge in [-0.1, -0.05) is 11.6 Å². The molecule has 1 saturated carbocycles. The number of pyridine rings is 1. The second kappa shape index (κ2) is 9.21. The van der Waals surface area contributed by atoms with Crippen molar-refractivity contribution in [3.63, 3.8) is 0 Å². The Hall–Kier alpha value is -3.32. The van der Waals surface area contributed by atoms with E-state index >= 15 is 0 Å². The van der Waals surface area contributed by atoms with Crippen LogP contribution in [0.3, 0.4) is 0 Å². The molecule has 3 aromatic heterocycles. The van der Waals surface area contributed by atoms with Crippen LogP contribution in [0.5, 0.6) is 0 Å². The molecule has 1 aliphatic carbocycles. The number of carbonyl (C=O) groups is 1. The van der Waals surface area contributed by atoms with Gasteiger partial charge in [0, 0.05) is 30.6 Å². The summed E-state index contributed by atoms with van der Waals surface area (Å²) in [5, 5.41) is 18.6. The van der Waals surface area contributed by atoms with Gasteiger partial charge in [-0.05, 0) is 30.7 Å². The Kier molecular flexibility index (Phi) is 6.65. The van der Waals surface area contributed by atoms with Gasteiger partial charge in [0.05, 0.1) is 22.7 Å². The topological polar surface area (TPSA) is 101 Å². The van der Waals surface area contributed by atoms with Gasteiger partial charge < -0.3 is 5.32 Å². The average molecular weight is 568 g/mol. The highest BCUT2D eigenvalue weighted by Gasteiger charge is 2.62. The van der Waals surface area contributed by atoms with E-state index in [-0.39, 0.29) is 21.8 Å². The number of hydrogen-bond donors (Lipinski definition) is 1. The normalized spacial score (nSPS) is 15.1. The molecule has 0 bridgehead atoms. The minimum Gasteiger partial charge on any atom is -0.334 e. The van der Waals surface area contributed by atoms with Crippen LogP contribution in [0.25, 0.3) is 16.9 Å². The van der Waals surface area contributed by atoms with E-state index in [0.717, 1.165) is 24.1 Å². The van der Waals surface area contributed by atoms with Gasteiger partial charge in [0.15, 0.2) is 11.5 Å². The first-order valence-electron chi connectivity index (χ1n) is 10.1. The Morgan fingerprint density at radius 2 is 1.92 bits per heavy atom. The number of halogens is 8. The lowest BCUT2D eigenvalue weighted by molar-refractivity contribution is -0.292. The van der Waals surface area contributed by atoms with Gasteiger partial charge in [0.1, 0.15) is 10.7 Å². The summed E-state index contributed by atoms with van der Waals surface area (Å²) in [5.74, 6) is -10.1. The van der Waals surface area contributed by atoms with Crippen LogP contribution in [0.1, 0.15) is 28.9 Å². The van der Waals surface area contributed by atoms with Crippen LogP contribution in [0.15, 0.2) is 29.6 Å². The maximum Gasteiger partial charge on any atom is 0.459 e. The molecule has 1 aliphatic rings. The van der Waals surface area contributed by atoms with Gasteiger partial charge in [-0.15, -0.1) is 0 Å². The Bertz CT molecular complexity index is 1410. The molecule has 3 heterocycles. The van der Waals surface area contributed by atoms with Gasteiger partial charge in [0.2, 0.25) is 0 Å². The van der Waals surface area contributed by atoms with Crippen molar-refractivity contribution in [1.29, 1.82) is 5.26 Å². The van der Waals surface area contributed by atoms with E-state index in [1.54, 1.807) is 0 Å². The summed E-state index contributed by atoms with van der Waals surface area (Å²) in [7, 11) is 0.997. The molecule has 196 valence electrons. The molecule has 17 heteroatoms. The number of alkyl halides is 7. The Balaban J connectivity index is 1.74. The Morgan fingerprint density at radius 3 is 2.49 bits per heavy atom. The van der Waals surface area contributed by atoms with Gasteiger partial charge in [0.25, 0.3) is 11.7 Å². The zero-order valence-corrected chi connectivity index (χ0v) is 19.9. The van der Waals surface area contributed by atoms with Gasteiger partial charge in [-0.2, -0.15) is 46.2 Å². The molecule has 3 aromatic rings. The molecule has 0 aromatic carbocycles. The summed E-state index contributed by atoms with van der Waals surface area (Å²) in [4.78, 5) is 15.4. The number of aromatic nitrogens is 5. The lowest BCUT2D eigenvalue weighted by Gasteiger charge is -2.18. The molecule has 0 saturated heterocycles.